The maximum Gasteiger partial charge on any atom is 0.224 e. The van der Waals surface area contributed by atoms with Crippen molar-refractivity contribution >= 4 is 11.6 Å². The fourth-order valence-electron chi connectivity index (χ4n) is 2.55. The molecule has 0 spiro atoms. The fraction of sp³-hybridized carbons (Fsp3) is 0.500. The summed E-state index contributed by atoms with van der Waals surface area (Å²) in [6.45, 7) is 1.68. The van der Waals surface area contributed by atoms with Crippen LogP contribution in [-0.2, 0) is 11.3 Å². The summed E-state index contributed by atoms with van der Waals surface area (Å²) in [5.74, 6) is -0.295. The molecule has 1 aromatic rings. The summed E-state index contributed by atoms with van der Waals surface area (Å²) in [7, 11) is 1.64. The standard InChI is InChI=1S/C14H20FN3O/c1-17-14(19)11-3-2-6-18(9-11)13-5-4-10(8-16)7-12(13)15/h4-5,7,11H,2-3,6,8-9,16H2,1H3,(H,17,19). The monoisotopic (exact) mass is 265 g/mol. The summed E-state index contributed by atoms with van der Waals surface area (Å²) < 4.78 is 14.0. The molecule has 1 saturated heterocycles. The van der Waals surface area contributed by atoms with Crippen molar-refractivity contribution in [3.63, 3.8) is 0 Å². The minimum atomic E-state index is -0.263. The van der Waals surface area contributed by atoms with Crippen molar-refractivity contribution in [1.29, 1.82) is 0 Å². The van der Waals surface area contributed by atoms with Crippen molar-refractivity contribution in [1.82, 2.24) is 5.32 Å². The number of benzene rings is 1. The van der Waals surface area contributed by atoms with Crippen molar-refractivity contribution in [3.8, 4) is 0 Å². The van der Waals surface area contributed by atoms with Crippen molar-refractivity contribution in [3.05, 3.63) is 29.6 Å². The number of amides is 1. The van der Waals surface area contributed by atoms with Crippen LogP contribution in [0.25, 0.3) is 0 Å². The van der Waals surface area contributed by atoms with E-state index in [2.05, 4.69) is 5.32 Å². The highest BCUT2D eigenvalue weighted by Crippen LogP contribution is 2.26. The Morgan fingerprint density at radius 1 is 1.58 bits per heavy atom. The topological polar surface area (TPSA) is 58.4 Å². The minimum Gasteiger partial charge on any atom is -0.368 e. The van der Waals surface area contributed by atoms with Gasteiger partial charge in [0, 0.05) is 26.7 Å². The fourth-order valence-corrected chi connectivity index (χ4v) is 2.55. The number of carbonyl (C=O) groups excluding carboxylic acids is 1. The second-order valence-electron chi connectivity index (χ2n) is 4.89. The van der Waals surface area contributed by atoms with Crippen molar-refractivity contribution in [2.75, 3.05) is 25.0 Å². The van der Waals surface area contributed by atoms with E-state index < -0.39 is 0 Å². The third kappa shape index (κ3) is 3.04. The molecule has 1 atom stereocenters. The molecule has 2 rings (SSSR count). The minimum absolute atomic E-state index is 0.0312. The number of nitrogens with two attached hydrogens (primary N) is 1. The van der Waals surface area contributed by atoms with Crippen LogP contribution in [0.4, 0.5) is 10.1 Å². The summed E-state index contributed by atoms with van der Waals surface area (Å²) in [5, 5.41) is 2.66. The largest absolute Gasteiger partial charge is 0.368 e. The van der Waals surface area contributed by atoms with Gasteiger partial charge in [-0.1, -0.05) is 6.07 Å². The van der Waals surface area contributed by atoms with E-state index in [1.165, 1.54) is 6.07 Å². The van der Waals surface area contributed by atoms with Crippen molar-refractivity contribution < 1.29 is 9.18 Å². The van der Waals surface area contributed by atoms with Crippen molar-refractivity contribution in [2.45, 2.75) is 19.4 Å². The normalized spacial score (nSPS) is 19.3. The van der Waals surface area contributed by atoms with Crippen LogP contribution < -0.4 is 16.0 Å². The smallest absolute Gasteiger partial charge is 0.224 e. The van der Waals surface area contributed by atoms with Crippen LogP contribution >= 0.6 is 0 Å². The molecule has 19 heavy (non-hydrogen) atoms. The van der Waals surface area contributed by atoms with E-state index in [4.69, 9.17) is 5.73 Å². The van der Waals surface area contributed by atoms with E-state index in [1.54, 1.807) is 13.1 Å². The van der Waals surface area contributed by atoms with Crippen LogP contribution in [0.2, 0.25) is 0 Å². The van der Waals surface area contributed by atoms with E-state index in [0.717, 1.165) is 24.9 Å². The van der Waals surface area contributed by atoms with E-state index >= 15 is 0 Å². The molecule has 1 aromatic carbocycles. The molecule has 1 amide bonds. The first-order valence-electron chi connectivity index (χ1n) is 6.60. The van der Waals surface area contributed by atoms with Crippen molar-refractivity contribution in [2.24, 2.45) is 11.7 Å². The molecule has 1 heterocycles. The lowest BCUT2D eigenvalue weighted by molar-refractivity contribution is -0.124. The molecular weight excluding hydrogens is 245 g/mol. The van der Waals surface area contributed by atoms with Gasteiger partial charge < -0.3 is 16.0 Å². The number of anilines is 1. The quantitative estimate of drug-likeness (QED) is 0.864. The number of carbonyl (C=O) groups is 1. The third-order valence-electron chi connectivity index (χ3n) is 3.63. The van der Waals surface area contributed by atoms with Crippen LogP contribution in [0.5, 0.6) is 0 Å². The Morgan fingerprint density at radius 3 is 3.00 bits per heavy atom. The first-order valence-corrected chi connectivity index (χ1v) is 6.60. The highest BCUT2D eigenvalue weighted by molar-refractivity contribution is 5.79. The zero-order valence-corrected chi connectivity index (χ0v) is 11.2. The van der Waals surface area contributed by atoms with Gasteiger partial charge in [-0.15, -0.1) is 0 Å². The molecular formula is C14H20FN3O. The summed E-state index contributed by atoms with van der Waals surface area (Å²) in [6, 6.07) is 5.06. The molecule has 1 fully saturated rings. The van der Waals surface area contributed by atoms with Gasteiger partial charge in [0.05, 0.1) is 11.6 Å². The number of rotatable bonds is 3. The lowest BCUT2D eigenvalue weighted by Crippen LogP contribution is -2.42. The van der Waals surface area contributed by atoms with E-state index in [1.807, 2.05) is 11.0 Å². The molecule has 104 valence electrons. The van der Waals surface area contributed by atoms with Gasteiger partial charge in [-0.25, -0.2) is 4.39 Å². The average molecular weight is 265 g/mol. The van der Waals surface area contributed by atoms with Gasteiger partial charge in [0.1, 0.15) is 5.82 Å². The van der Waals surface area contributed by atoms with Gasteiger partial charge in [-0.2, -0.15) is 0 Å². The number of piperidine rings is 1. The molecule has 0 bridgehead atoms. The van der Waals surface area contributed by atoms with Crippen LogP contribution in [0.15, 0.2) is 18.2 Å². The van der Waals surface area contributed by atoms with Gasteiger partial charge in [0.2, 0.25) is 5.91 Å². The van der Waals surface area contributed by atoms with E-state index in [-0.39, 0.29) is 17.6 Å². The molecule has 3 N–H and O–H groups in total. The average Bonchev–Trinajstić information content (AvgIpc) is 2.46. The summed E-state index contributed by atoms with van der Waals surface area (Å²) >= 11 is 0. The summed E-state index contributed by atoms with van der Waals surface area (Å²) in [4.78, 5) is 13.6. The van der Waals surface area contributed by atoms with Crippen LogP contribution in [0.3, 0.4) is 0 Å². The Morgan fingerprint density at radius 2 is 2.37 bits per heavy atom. The number of nitrogens with one attached hydrogen (secondary N) is 1. The maximum absolute atomic E-state index is 14.0. The molecule has 0 saturated carbocycles. The molecule has 1 aliphatic rings. The van der Waals surface area contributed by atoms with Gasteiger partial charge in [0.15, 0.2) is 0 Å². The molecule has 1 unspecified atom stereocenters. The molecule has 5 heteroatoms. The summed E-state index contributed by atoms with van der Waals surface area (Å²) in [5.41, 5.74) is 6.83. The summed E-state index contributed by atoms with van der Waals surface area (Å²) in [6.07, 6.45) is 1.76. The molecule has 0 aromatic heterocycles. The lowest BCUT2D eigenvalue weighted by atomic mass is 9.96. The Balaban J connectivity index is 2.15. The first kappa shape index (κ1) is 13.8. The third-order valence-corrected chi connectivity index (χ3v) is 3.63. The SMILES string of the molecule is CNC(=O)C1CCCN(c2ccc(CN)cc2F)C1. The Hall–Kier alpha value is -1.62. The number of halogens is 1. The predicted molar refractivity (Wildman–Crippen MR) is 73.3 cm³/mol. The zero-order chi connectivity index (χ0) is 13.8. The lowest BCUT2D eigenvalue weighted by Gasteiger charge is -2.33. The molecule has 0 radical (unpaired) electrons. The van der Waals surface area contributed by atoms with Gasteiger partial charge in [0.25, 0.3) is 0 Å². The maximum atomic E-state index is 14.0. The highest BCUT2D eigenvalue weighted by atomic mass is 19.1. The van der Waals surface area contributed by atoms with E-state index in [0.29, 0.717) is 18.8 Å². The van der Waals surface area contributed by atoms with Gasteiger partial charge in [-0.05, 0) is 30.5 Å². The number of nitrogens with zero attached hydrogens (tertiary/aromatic N) is 1. The first-order chi connectivity index (χ1) is 9.15. The van der Waals surface area contributed by atoms with Gasteiger partial charge in [-0.3, -0.25) is 4.79 Å². The van der Waals surface area contributed by atoms with Crippen LogP contribution in [0.1, 0.15) is 18.4 Å². The highest BCUT2D eigenvalue weighted by Gasteiger charge is 2.26. The number of hydrogen-bond donors (Lipinski definition) is 2. The van der Waals surface area contributed by atoms with Gasteiger partial charge >= 0.3 is 0 Å². The second kappa shape index (κ2) is 6.02. The zero-order valence-electron chi connectivity index (χ0n) is 11.2. The Kier molecular flexibility index (Phi) is 4.37. The van der Waals surface area contributed by atoms with Crippen LogP contribution in [-0.4, -0.2) is 26.0 Å². The molecule has 4 nitrogen and oxygen atoms in total. The Labute approximate surface area is 112 Å². The second-order valence-corrected chi connectivity index (χ2v) is 4.89. The number of hydrogen-bond acceptors (Lipinski definition) is 3. The predicted octanol–water partition coefficient (Wildman–Crippen LogP) is 1.25. The van der Waals surface area contributed by atoms with E-state index in [9.17, 15) is 9.18 Å². The molecule has 0 aliphatic carbocycles. The molecule has 1 aliphatic heterocycles. The van der Waals surface area contributed by atoms with Crippen LogP contribution in [0, 0.1) is 11.7 Å². The Bertz CT molecular complexity index is 464.